The first kappa shape index (κ1) is 22.4. The number of esters is 1. The molecular formula is C22H21F3O4. The van der Waals surface area contributed by atoms with Gasteiger partial charge in [-0.2, -0.15) is 13.2 Å². The Morgan fingerprint density at radius 1 is 1.07 bits per heavy atom. The van der Waals surface area contributed by atoms with Crippen molar-refractivity contribution in [1.29, 1.82) is 0 Å². The maximum atomic E-state index is 13.0. The summed E-state index contributed by atoms with van der Waals surface area (Å²) in [6.07, 6.45) is -6.01. The minimum atomic E-state index is -4.53. The first-order valence-electron chi connectivity index (χ1n) is 8.94. The van der Waals surface area contributed by atoms with Gasteiger partial charge >= 0.3 is 12.1 Å². The zero-order valence-corrected chi connectivity index (χ0v) is 15.8. The van der Waals surface area contributed by atoms with Crippen LogP contribution in [0.5, 0.6) is 0 Å². The van der Waals surface area contributed by atoms with Crippen molar-refractivity contribution in [3.05, 3.63) is 83.4 Å². The van der Waals surface area contributed by atoms with E-state index in [9.17, 15) is 27.9 Å². The minimum absolute atomic E-state index is 0.00496. The van der Waals surface area contributed by atoms with E-state index >= 15 is 0 Å². The van der Waals surface area contributed by atoms with Gasteiger partial charge in [0.05, 0.1) is 24.2 Å². The maximum Gasteiger partial charge on any atom is 0.416 e. The molecule has 0 aliphatic heterocycles. The van der Waals surface area contributed by atoms with Crippen LogP contribution in [0.1, 0.15) is 40.9 Å². The zero-order chi connectivity index (χ0) is 21.6. The topological polar surface area (TPSA) is 63.6 Å². The van der Waals surface area contributed by atoms with Gasteiger partial charge in [-0.1, -0.05) is 49.0 Å². The maximum absolute atomic E-state index is 13.0. The molecule has 2 atom stereocenters. The molecule has 0 saturated carbocycles. The first-order chi connectivity index (χ1) is 13.6. The predicted octanol–water partition coefficient (Wildman–Crippen LogP) is 4.75. The molecule has 0 radical (unpaired) electrons. The van der Waals surface area contributed by atoms with Crippen molar-refractivity contribution < 1.29 is 32.6 Å². The Balaban J connectivity index is 2.34. The van der Waals surface area contributed by atoms with Gasteiger partial charge in [0.2, 0.25) is 0 Å². The van der Waals surface area contributed by atoms with E-state index in [0.29, 0.717) is 5.56 Å². The first-order valence-corrected chi connectivity index (χ1v) is 8.94. The van der Waals surface area contributed by atoms with Gasteiger partial charge in [-0.25, -0.2) is 4.79 Å². The number of ether oxygens (including phenoxy) is 1. The van der Waals surface area contributed by atoms with Crippen LogP contribution >= 0.6 is 0 Å². The molecule has 0 aliphatic rings. The average Bonchev–Trinajstić information content (AvgIpc) is 2.71. The van der Waals surface area contributed by atoms with E-state index in [2.05, 4.69) is 6.58 Å². The van der Waals surface area contributed by atoms with Crippen molar-refractivity contribution in [1.82, 2.24) is 0 Å². The normalized spacial score (nSPS) is 13.4. The van der Waals surface area contributed by atoms with Crippen molar-refractivity contribution in [2.24, 2.45) is 5.92 Å². The van der Waals surface area contributed by atoms with Crippen LogP contribution in [0.3, 0.4) is 0 Å². The number of halogens is 3. The van der Waals surface area contributed by atoms with Gasteiger partial charge in [-0.15, -0.1) is 0 Å². The van der Waals surface area contributed by atoms with E-state index in [1.54, 1.807) is 37.3 Å². The molecule has 7 heteroatoms. The molecule has 0 aromatic heterocycles. The number of hydrogen-bond donors (Lipinski definition) is 1. The van der Waals surface area contributed by atoms with Gasteiger partial charge in [0.1, 0.15) is 0 Å². The van der Waals surface area contributed by atoms with Crippen LogP contribution in [0.25, 0.3) is 0 Å². The van der Waals surface area contributed by atoms with Gasteiger partial charge in [-0.3, -0.25) is 4.79 Å². The summed E-state index contributed by atoms with van der Waals surface area (Å²) >= 11 is 0. The number of rotatable bonds is 8. The molecule has 4 nitrogen and oxygen atoms in total. The van der Waals surface area contributed by atoms with E-state index in [0.717, 1.165) is 24.3 Å². The van der Waals surface area contributed by atoms with Crippen LogP contribution in [0.4, 0.5) is 13.2 Å². The van der Waals surface area contributed by atoms with Gasteiger partial charge in [0, 0.05) is 11.1 Å². The largest absolute Gasteiger partial charge is 0.463 e. The molecule has 0 aliphatic carbocycles. The van der Waals surface area contributed by atoms with Crippen LogP contribution in [0.2, 0.25) is 0 Å². The number of Topliss-reactive ketones (excluding diaryl/α,β-unsaturated/α-hetero) is 1. The summed E-state index contributed by atoms with van der Waals surface area (Å²) in [4.78, 5) is 24.9. The smallest absolute Gasteiger partial charge is 0.416 e. The molecule has 29 heavy (non-hydrogen) atoms. The third kappa shape index (κ3) is 5.77. The lowest BCUT2D eigenvalue weighted by molar-refractivity contribution is -0.139. The van der Waals surface area contributed by atoms with E-state index in [-0.39, 0.29) is 24.2 Å². The van der Waals surface area contributed by atoms with Crippen LogP contribution < -0.4 is 0 Å². The molecule has 0 fully saturated rings. The summed E-state index contributed by atoms with van der Waals surface area (Å²) in [6.45, 7) is 5.37. The highest BCUT2D eigenvalue weighted by atomic mass is 19.4. The molecular weight excluding hydrogens is 385 g/mol. The Bertz CT molecular complexity index is 858. The Morgan fingerprint density at radius 2 is 1.66 bits per heavy atom. The third-order valence-corrected chi connectivity index (χ3v) is 4.39. The number of aliphatic hydroxyl groups excluding tert-OH is 1. The quantitative estimate of drug-likeness (QED) is 0.391. The second-order valence-electron chi connectivity index (χ2n) is 6.43. The van der Waals surface area contributed by atoms with E-state index in [1.807, 2.05) is 0 Å². The van der Waals surface area contributed by atoms with E-state index in [4.69, 9.17) is 4.74 Å². The van der Waals surface area contributed by atoms with Gasteiger partial charge < -0.3 is 9.84 Å². The number of ketones is 1. The Morgan fingerprint density at radius 3 is 2.17 bits per heavy atom. The Kier molecular flexibility index (Phi) is 7.34. The molecule has 2 unspecified atom stereocenters. The highest BCUT2D eigenvalue weighted by Crippen LogP contribution is 2.33. The molecule has 2 rings (SSSR count). The van der Waals surface area contributed by atoms with Crippen LogP contribution in [-0.4, -0.2) is 23.5 Å². The number of benzene rings is 2. The van der Waals surface area contributed by atoms with E-state index in [1.165, 1.54) is 0 Å². The van der Waals surface area contributed by atoms with Crippen molar-refractivity contribution in [2.45, 2.75) is 25.6 Å². The lowest BCUT2D eigenvalue weighted by Crippen LogP contribution is -2.25. The average molecular weight is 406 g/mol. The molecule has 2 aromatic carbocycles. The SMILES string of the molecule is C=C(CC(C(=O)c1ccc(C(F)(F)F)cc1)C(O)c1ccccc1)C(=O)OCC. The molecule has 0 amide bonds. The van der Waals surface area contributed by atoms with Crippen LogP contribution in [0.15, 0.2) is 66.7 Å². The van der Waals surface area contributed by atoms with Crippen molar-refractivity contribution in [2.75, 3.05) is 6.61 Å². The fraction of sp³-hybridized carbons (Fsp3) is 0.273. The van der Waals surface area contributed by atoms with Crippen molar-refractivity contribution in [3.63, 3.8) is 0 Å². The van der Waals surface area contributed by atoms with Gasteiger partial charge in [-0.05, 0) is 31.0 Å². The van der Waals surface area contributed by atoms with Gasteiger partial charge in [0.15, 0.2) is 5.78 Å². The minimum Gasteiger partial charge on any atom is -0.463 e. The summed E-state index contributed by atoms with van der Waals surface area (Å²) in [5, 5.41) is 10.8. The number of aliphatic hydroxyl groups is 1. The zero-order valence-electron chi connectivity index (χ0n) is 15.8. The molecule has 0 heterocycles. The molecule has 0 saturated heterocycles. The number of alkyl halides is 3. The number of carbonyl (C=O) groups is 2. The predicted molar refractivity (Wildman–Crippen MR) is 101 cm³/mol. The standard InChI is InChI=1S/C22H21F3O4/c1-3-29-21(28)14(2)13-18(19(26)15-7-5-4-6-8-15)20(27)16-9-11-17(12-10-16)22(23,24)25/h4-12,18-19,26H,2-3,13H2,1H3. The lowest BCUT2D eigenvalue weighted by atomic mass is 9.84. The molecule has 1 N–H and O–H groups in total. The summed E-state index contributed by atoms with van der Waals surface area (Å²) in [5.74, 6) is -2.41. The summed E-state index contributed by atoms with van der Waals surface area (Å²) in [5.41, 5.74) is -0.457. The Labute approximate surface area is 166 Å². The number of hydrogen-bond acceptors (Lipinski definition) is 4. The second kappa shape index (κ2) is 9.52. The summed E-state index contributed by atoms with van der Waals surface area (Å²) in [6, 6.07) is 12.1. The monoisotopic (exact) mass is 406 g/mol. The van der Waals surface area contributed by atoms with Crippen LogP contribution in [-0.2, 0) is 15.7 Å². The van der Waals surface area contributed by atoms with Crippen molar-refractivity contribution >= 4 is 11.8 Å². The summed E-state index contributed by atoms with van der Waals surface area (Å²) in [7, 11) is 0. The van der Waals surface area contributed by atoms with Crippen LogP contribution in [0, 0.1) is 5.92 Å². The fourth-order valence-electron chi connectivity index (χ4n) is 2.85. The molecule has 0 bridgehead atoms. The van der Waals surface area contributed by atoms with Crippen molar-refractivity contribution in [3.8, 4) is 0 Å². The fourth-order valence-corrected chi connectivity index (χ4v) is 2.85. The molecule has 154 valence electrons. The highest BCUT2D eigenvalue weighted by molar-refractivity contribution is 5.99. The van der Waals surface area contributed by atoms with Gasteiger partial charge in [0.25, 0.3) is 0 Å². The Hall–Kier alpha value is -2.93. The highest BCUT2D eigenvalue weighted by Gasteiger charge is 2.33. The molecule has 2 aromatic rings. The van der Waals surface area contributed by atoms with E-state index < -0.39 is 35.5 Å². The number of carbonyl (C=O) groups excluding carboxylic acids is 2. The second-order valence-corrected chi connectivity index (χ2v) is 6.43. The summed E-state index contributed by atoms with van der Waals surface area (Å²) < 4.78 is 43.2. The lowest BCUT2D eigenvalue weighted by Gasteiger charge is -2.23. The molecule has 0 spiro atoms. The third-order valence-electron chi connectivity index (χ3n) is 4.39.